The molecule has 2 fully saturated rings. The van der Waals surface area contributed by atoms with Crippen LogP contribution in [0.5, 0.6) is 0 Å². The van der Waals surface area contributed by atoms with Gasteiger partial charge in [0.2, 0.25) is 0 Å². The van der Waals surface area contributed by atoms with E-state index in [4.69, 9.17) is 9.47 Å². The van der Waals surface area contributed by atoms with Crippen LogP contribution >= 0.6 is 0 Å². The lowest BCUT2D eigenvalue weighted by molar-refractivity contribution is -0.147. The van der Waals surface area contributed by atoms with Gasteiger partial charge in [-0.25, -0.2) is 0 Å². The van der Waals surface area contributed by atoms with E-state index in [0.29, 0.717) is 6.73 Å². The van der Waals surface area contributed by atoms with Crippen LogP contribution in [0.1, 0.15) is 6.92 Å². The van der Waals surface area contributed by atoms with Gasteiger partial charge in [-0.15, -0.1) is 0 Å². The molecule has 0 spiro atoms. The maximum atomic E-state index is 10.4. The topological polar surface area (TPSA) is 54.0 Å². The van der Waals surface area contributed by atoms with Crippen LogP contribution < -0.4 is 5.32 Å². The lowest BCUT2D eigenvalue weighted by atomic mass is 10.4. The number of hydrogen-bond acceptors (Lipinski definition) is 6. The molecule has 0 bridgehead atoms. The zero-order valence-corrected chi connectivity index (χ0v) is 11.5. The summed E-state index contributed by atoms with van der Waals surface area (Å²) in [5, 5.41) is 3.27. The van der Waals surface area contributed by atoms with Crippen molar-refractivity contribution in [3.63, 3.8) is 0 Å². The molecule has 0 radical (unpaired) electrons. The SMILES string of the molecule is CC(=O)OCN1CCOCC1.CN1CCNCC1. The predicted molar refractivity (Wildman–Crippen MR) is 69.4 cm³/mol. The molecule has 2 heterocycles. The molecule has 0 amide bonds. The number of carbonyl (C=O) groups excluding carboxylic acids is 1. The molecule has 18 heavy (non-hydrogen) atoms. The first-order chi connectivity index (χ1) is 8.68. The molecular formula is C12H25N3O3. The normalized spacial score (nSPS) is 21.9. The predicted octanol–water partition coefficient (Wildman–Crippen LogP) is -0.639. The molecule has 0 aromatic rings. The number of piperazine rings is 1. The van der Waals surface area contributed by atoms with E-state index in [-0.39, 0.29) is 5.97 Å². The first-order valence-corrected chi connectivity index (χ1v) is 6.51. The van der Waals surface area contributed by atoms with E-state index < -0.39 is 0 Å². The van der Waals surface area contributed by atoms with E-state index in [9.17, 15) is 4.79 Å². The Morgan fingerprint density at radius 3 is 2.28 bits per heavy atom. The Bertz CT molecular complexity index is 227. The average Bonchev–Trinajstić information content (AvgIpc) is 2.39. The van der Waals surface area contributed by atoms with Gasteiger partial charge in [0.25, 0.3) is 0 Å². The van der Waals surface area contributed by atoms with Crippen molar-refractivity contribution in [2.45, 2.75) is 6.92 Å². The van der Waals surface area contributed by atoms with Gasteiger partial charge in [0.05, 0.1) is 13.2 Å². The molecule has 6 heteroatoms. The highest BCUT2D eigenvalue weighted by molar-refractivity contribution is 5.65. The minimum absolute atomic E-state index is 0.225. The second-order valence-electron chi connectivity index (χ2n) is 4.55. The van der Waals surface area contributed by atoms with Crippen LogP contribution in [0.15, 0.2) is 0 Å². The Hall–Kier alpha value is -0.690. The molecule has 2 aliphatic rings. The molecular weight excluding hydrogens is 234 g/mol. The lowest BCUT2D eigenvalue weighted by Gasteiger charge is -2.25. The van der Waals surface area contributed by atoms with Crippen LogP contribution in [0, 0.1) is 0 Å². The zero-order chi connectivity index (χ0) is 13.2. The summed E-state index contributed by atoms with van der Waals surface area (Å²) in [4.78, 5) is 14.8. The van der Waals surface area contributed by atoms with Gasteiger partial charge in [0.15, 0.2) is 0 Å². The number of esters is 1. The van der Waals surface area contributed by atoms with Gasteiger partial charge < -0.3 is 19.7 Å². The van der Waals surface area contributed by atoms with Crippen molar-refractivity contribution >= 4 is 5.97 Å². The van der Waals surface area contributed by atoms with Crippen LogP contribution in [0.25, 0.3) is 0 Å². The summed E-state index contributed by atoms with van der Waals surface area (Å²) in [7, 11) is 2.15. The van der Waals surface area contributed by atoms with Crippen molar-refractivity contribution in [2.75, 3.05) is 66.3 Å². The van der Waals surface area contributed by atoms with Gasteiger partial charge in [-0.1, -0.05) is 0 Å². The van der Waals surface area contributed by atoms with Crippen molar-refractivity contribution in [3.05, 3.63) is 0 Å². The minimum atomic E-state index is -0.225. The van der Waals surface area contributed by atoms with Crippen molar-refractivity contribution in [1.82, 2.24) is 15.1 Å². The molecule has 2 rings (SSSR count). The number of carbonyl (C=O) groups is 1. The fourth-order valence-electron chi connectivity index (χ4n) is 1.69. The lowest BCUT2D eigenvalue weighted by Crippen LogP contribution is -2.40. The van der Waals surface area contributed by atoms with Crippen molar-refractivity contribution < 1.29 is 14.3 Å². The van der Waals surface area contributed by atoms with E-state index in [1.165, 1.54) is 20.0 Å². The maximum Gasteiger partial charge on any atom is 0.303 e. The summed E-state index contributed by atoms with van der Waals surface area (Å²) in [6.07, 6.45) is 0. The summed E-state index contributed by atoms with van der Waals surface area (Å²) in [5.41, 5.74) is 0. The molecule has 1 N–H and O–H groups in total. The highest BCUT2D eigenvalue weighted by Gasteiger charge is 2.10. The van der Waals surface area contributed by atoms with E-state index >= 15 is 0 Å². The maximum absolute atomic E-state index is 10.4. The fraction of sp³-hybridized carbons (Fsp3) is 0.917. The number of morpholine rings is 1. The third kappa shape index (κ3) is 7.60. The van der Waals surface area contributed by atoms with Crippen LogP contribution in [0.2, 0.25) is 0 Å². The Kier molecular flexibility index (Phi) is 7.91. The van der Waals surface area contributed by atoms with Gasteiger partial charge in [-0.05, 0) is 7.05 Å². The number of likely N-dealkylation sites (N-methyl/N-ethyl adjacent to an activating group) is 1. The molecule has 0 atom stereocenters. The second kappa shape index (κ2) is 9.27. The fourth-order valence-corrected chi connectivity index (χ4v) is 1.69. The highest BCUT2D eigenvalue weighted by atomic mass is 16.5. The number of ether oxygens (including phenoxy) is 2. The standard InChI is InChI=1S/C7H13NO3.C5H12N2/c1-7(9)11-6-8-2-4-10-5-3-8;1-7-4-2-6-3-5-7/h2-6H2,1H3;6H,2-5H2,1H3. The molecule has 6 nitrogen and oxygen atoms in total. The van der Waals surface area contributed by atoms with Crippen LogP contribution in [0.4, 0.5) is 0 Å². The van der Waals surface area contributed by atoms with Gasteiger partial charge in [0, 0.05) is 46.2 Å². The number of nitrogens with one attached hydrogen (secondary N) is 1. The Morgan fingerprint density at radius 1 is 1.22 bits per heavy atom. The van der Waals surface area contributed by atoms with Gasteiger partial charge >= 0.3 is 5.97 Å². The first-order valence-electron chi connectivity index (χ1n) is 6.51. The van der Waals surface area contributed by atoms with E-state index in [1.807, 2.05) is 4.90 Å². The molecule has 106 valence electrons. The molecule has 0 aromatic heterocycles. The van der Waals surface area contributed by atoms with E-state index in [1.54, 1.807) is 0 Å². The van der Waals surface area contributed by atoms with Crippen LogP contribution in [0.3, 0.4) is 0 Å². The number of hydrogen-bond donors (Lipinski definition) is 1. The Morgan fingerprint density at radius 2 is 1.83 bits per heavy atom. The number of rotatable bonds is 2. The van der Waals surface area contributed by atoms with Crippen molar-refractivity contribution in [3.8, 4) is 0 Å². The van der Waals surface area contributed by atoms with Crippen LogP contribution in [-0.2, 0) is 14.3 Å². The summed E-state index contributed by atoms with van der Waals surface area (Å²) < 4.78 is 9.94. The summed E-state index contributed by atoms with van der Waals surface area (Å²) in [6, 6.07) is 0. The third-order valence-corrected chi connectivity index (χ3v) is 2.89. The Labute approximate surface area is 109 Å². The van der Waals surface area contributed by atoms with Gasteiger partial charge in [-0.2, -0.15) is 0 Å². The monoisotopic (exact) mass is 259 g/mol. The van der Waals surface area contributed by atoms with Gasteiger partial charge in [0.1, 0.15) is 6.73 Å². The zero-order valence-electron chi connectivity index (χ0n) is 11.5. The molecule has 0 saturated carbocycles. The molecule has 2 saturated heterocycles. The molecule has 0 aromatic carbocycles. The average molecular weight is 259 g/mol. The Balaban J connectivity index is 0.000000199. The second-order valence-corrected chi connectivity index (χ2v) is 4.55. The highest BCUT2D eigenvalue weighted by Crippen LogP contribution is 1.96. The smallest absolute Gasteiger partial charge is 0.303 e. The van der Waals surface area contributed by atoms with E-state index in [2.05, 4.69) is 17.3 Å². The quantitative estimate of drug-likeness (QED) is 0.666. The largest absolute Gasteiger partial charge is 0.450 e. The summed E-state index contributed by atoms with van der Waals surface area (Å²) in [5.74, 6) is -0.225. The first kappa shape index (κ1) is 15.4. The van der Waals surface area contributed by atoms with Crippen LogP contribution in [-0.4, -0.2) is 82.0 Å². The summed E-state index contributed by atoms with van der Waals surface area (Å²) in [6.45, 7) is 9.75. The van der Waals surface area contributed by atoms with Gasteiger partial charge in [-0.3, -0.25) is 9.69 Å². The molecule has 2 aliphatic heterocycles. The third-order valence-electron chi connectivity index (χ3n) is 2.89. The van der Waals surface area contributed by atoms with E-state index in [0.717, 1.165) is 39.4 Å². The minimum Gasteiger partial charge on any atom is -0.450 e. The molecule has 0 aliphatic carbocycles. The number of nitrogens with zero attached hydrogens (tertiary/aromatic N) is 2. The van der Waals surface area contributed by atoms with Crippen molar-refractivity contribution in [2.24, 2.45) is 0 Å². The molecule has 0 unspecified atom stereocenters. The van der Waals surface area contributed by atoms with Crippen molar-refractivity contribution in [1.29, 1.82) is 0 Å². The summed E-state index contributed by atoms with van der Waals surface area (Å²) >= 11 is 0.